The van der Waals surface area contributed by atoms with E-state index >= 15 is 0 Å². The molecule has 1 aromatic rings. The molecule has 0 fully saturated rings. The number of alkyl halides is 9. The molecule has 1 aromatic heterocycles. The second-order valence-electron chi connectivity index (χ2n) is 4.44. The van der Waals surface area contributed by atoms with E-state index in [2.05, 4.69) is 25.8 Å². The maximum atomic E-state index is 14.0. The number of hydrogen-bond donors (Lipinski definition) is 2. The fourth-order valence-corrected chi connectivity index (χ4v) is 1.96. The van der Waals surface area contributed by atoms with E-state index in [0.29, 0.717) is 4.68 Å². The van der Waals surface area contributed by atoms with Crippen molar-refractivity contribution in [3.8, 4) is 0 Å². The standard InChI is InChI=1S/C11H8BrF9N4O/c1-23-7(25-3-4(12)2-24-25)5(26-8(13)14)6(22)9(15,10(16,17)18)11(19,20)21/h2-3,8,22-23H,1H3/b7-5-,22-6?. The second-order valence-corrected chi connectivity index (χ2v) is 5.35. The Labute approximate surface area is 147 Å². The van der Waals surface area contributed by atoms with Crippen molar-refractivity contribution in [2.24, 2.45) is 0 Å². The van der Waals surface area contributed by atoms with Crippen LogP contribution < -0.4 is 5.32 Å². The largest absolute Gasteiger partial charge is 0.437 e. The van der Waals surface area contributed by atoms with Gasteiger partial charge in [-0.2, -0.15) is 40.2 Å². The number of hydrogen-bond acceptors (Lipinski definition) is 4. The lowest BCUT2D eigenvalue weighted by Gasteiger charge is -2.31. The van der Waals surface area contributed by atoms with E-state index in [9.17, 15) is 39.5 Å². The van der Waals surface area contributed by atoms with Crippen molar-refractivity contribution in [3.05, 3.63) is 22.6 Å². The van der Waals surface area contributed by atoms with Gasteiger partial charge in [0.25, 0.3) is 0 Å². The molecule has 0 saturated carbocycles. The molecule has 2 N–H and O–H groups in total. The zero-order valence-electron chi connectivity index (χ0n) is 12.3. The molecule has 0 unspecified atom stereocenters. The van der Waals surface area contributed by atoms with Gasteiger partial charge in [0.1, 0.15) is 5.71 Å². The molecular weight excluding hydrogens is 455 g/mol. The summed E-state index contributed by atoms with van der Waals surface area (Å²) in [5.41, 5.74) is -9.19. The summed E-state index contributed by atoms with van der Waals surface area (Å²) < 4.78 is 120. The van der Waals surface area contributed by atoms with Gasteiger partial charge in [0.05, 0.1) is 10.7 Å². The fraction of sp³-hybridized carbons (Fsp3) is 0.455. The molecule has 0 amide bonds. The van der Waals surface area contributed by atoms with Crippen LogP contribution in [0.2, 0.25) is 0 Å². The van der Waals surface area contributed by atoms with Crippen LogP contribution in [0.4, 0.5) is 39.5 Å². The summed E-state index contributed by atoms with van der Waals surface area (Å²) in [7, 11) is 0.897. The van der Waals surface area contributed by atoms with Gasteiger partial charge in [0.2, 0.25) is 0 Å². The summed E-state index contributed by atoms with van der Waals surface area (Å²) in [4.78, 5) is 0. The molecule has 0 saturated heterocycles. The van der Waals surface area contributed by atoms with Crippen LogP contribution in [-0.2, 0) is 4.74 Å². The third kappa shape index (κ3) is 4.07. The number of halogens is 10. The lowest BCUT2D eigenvalue weighted by molar-refractivity contribution is -0.313. The van der Waals surface area contributed by atoms with E-state index < -0.39 is 41.9 Å². The third-order valence-corrected chi connectivity index (χ3v) is 3.20. The summed E-state index contributed by atoms with van der Waals surface area (Å²) in [5, 5.41) is 12.5. The molecule has 1 heterocycles. The fourth-order valence-electron chi connectivity index (χ4n) is 1.68. The molecular formula is C11H8BrF9N4O. The molecule has 1 rings (SSSR count). The minimum absolute atomic E-state index is 0.145. The van der Waals surface area contributed by atoms with Crippen molar-refractivity contribution in [3.63, 3.8) is 0 Å². The van der Waals surface area contributed by atoms with E-state index in [1.165, 1.54) is 0 Å². The molecule has 0 spiro atoms. The topological polar surface area (TPSA) is 62.9 Å². The molecule has 0 radical (unpaired) electrons. The highest BCUT2D eigenvalue weighted by molar-refractivity contribution is 9.10. The maximum Gasteiger partial charge on any atom is 0.437 e. The third-order valence-electron chi connectivity index (χ3n) is 2.79. The first-order chi connectivity index (χ1) is 11.7. The van der Waals surface area contributed by atoms with Gasteiger partial charge in [0, 0.05) is 13.2 Å². The maximum absolute atomic E-state index is 14.0. The van der Waals surface area contributed by atoms with Crippen LogP contribution in [0.25, 0.3) is 5.82 Å². The Bertz CT molecular complexity index is 681. The molecule has 0 atom stereocenters. The van der Waals surface area contributed by atoms with Gasteiger partial charge in [-0.1, -0.05) is 0 Å². The van der Waals surface area contributed by atoms with E-state index in [4.69, 9.17) is 5.41 Å². The Balaban J connectivity index is 3.72. The summed E-state index contributed by atoms with van der Waals surface area (Å²) in [6, 6.07) is 0. The van der Waals surface area contributed by atoms with Gasteiger partial charge in [-0.25, -0.2) is 9.07 Å². The van der Waals surface area contributed by atoms with Gasteiger partial charge in [0.15, 0.2) is 11.6 Å². The zero-order chi connectivity index (χ0) is 20.5. The first-order valence-electron chi connectivity index (χ1n) is 6.16. The van der Waals surface area contributed by atoms with E-state index in [0.717, 1.165) is 19.4 Å². The van der Waals surface area contributed by atoms with Crippen LogP contribution in [0.5, 0.6) is 0 Å². The molecule has 5 nitrogen and oxygen atoms in total. The highest BCUT2D eigenvalue weighted by atomic mass is 79.9. The molecule has 0 aliphatic heterocycles. The van der Waals surface area contributed by atoms with Crippen LogP contribution in [0.3, 0.4) is 0 Å². The predicted octanol–water partition coefficient (Wildman–Crippen LogP) is 4.08. The number of allylic oxidation sites excluding steroid dienone is 1. The second kappa shape index (κ2) is 7.36. The van der Waals surface area contributed by atoms with Crippen molar-refractivity contribution in [2.45, 2.75) is 24.6 Å². The average Bonchev–Trinajstić information content (AvgIpc) is 2.89. The zero-order valence-corrected chi connectivity index (χ0v) is 13.9. The van der Waals surface area contributed by atoms with E-state index in [-0.39, 0.29) is 4.47 Å². The van der Waals surface area contributed by atoms with E-state index in [1.54, 1.807) is 0 Å². The first kappa shape index (κ1) is 22.1. The van der Waals surface area contributed by atoms with Crippen LogP contribution in [0.15, 0.2) is 22.6 Å². The number of nitrogens with zero attached hydrogens (tertiary/aromatic N) is 2. The van der Waals surface area contributed by atoms with Gasteiger partial charge in [-0.05, 0) is 15.9 Å². The molecule has 0 aromatic carbocycles. The van der Waals surface area contributed by atoms with Gasteiger partial charge in [-0.15, -0.1) is 0 Å². The van der Waals surface area contributed by atoms with Crippen molar-refractivity contribution >= 4 is 27.5 Å². The summed E-state index contributed by atoms with van der Waals surface area (Å²) in [5.74, 6) is -3.09. The molecule has 0 aliphatic rings. The number of aromatic nitrogens is 2. The van der Waals surface area contributed by atoms with Crippen molar-refractivity contribution in [2.75, 3.05) is 7.05 Å². The Hall–Kier alpha value is -1.93. The van der Waals surface area contributed by atoms with Gasteiger partial charge in [-0.3, -0.25) is 5.41 Å². The minimum atomic E-state index is -6.68. The van der Waals surface area contributed by atoms with Gasteiger partial charge >= 0.3 is 24.6 Å². The molecule has 15 heteroatoms. The predicted molar refractivity (Wildman–Crippen MR) is 73.0 cm³/mol. The quantitative estimate of drug-likeness (QED) is 0.380. The summed E-state index contributed by atoms with van der Waals surface area (Å²) in [6.45, 7) is -3.96. The van der Waals surface area contributed by atoms with Crippen LogP contribution in [0, 0.1) is 5.41 Å². The lowest BCUT2D eigenvalue weighted by atomic mass is 9.96. The van der Waals surface area contributed by atoms with Crippen molar-refractivity contribution in [1.29, 1.82) is 5.41 Å². The molecule has 0 bridgehead atoms. The van der Waals surface area contributed by atoms with Crippen LogP contribution >= 0.6 is 15.9 Å². The van der Waals surface area contributed by atoms with E-state index in [1.807, 2.05) is 5.32 Å². The van der Waals surface area contributed by atoms with Crippen LogP contribution in [0.1, 0.15) is 0 Å². The Morgan fingerprint density at radius 2 is 1.69 bits per heavy atom. The summed E-state index contributed by atoms with van der Waals surface area (Å²) in [6.07, 6.45) is -11.4. The highest BCUT2D eigenvalue weighted by Crippen LogP contribution is 2.48. The minimum Gasteiger partial charge on any atom is -0.429 e. The van der Waals surface area contributed by atoms with Crippen molar-refractivity contribution < 1.29 is 44.3 Å². The SMILES string of the molecule is CN/C(=C(/OC(F)F)C(=N)C(F)(C(F)(F)F)C(F)(F)F)n1cc(Br)cn1. The lowest BCUT2D eigenvalue weighted by Crippen LogP contribution is -2.59. The van der Waals surface area contributed by atoms with Gasteiger partial charge < -0.3 is 10.1 Å². The molecule has 148 valence electrons. The van der Waals surface area contributed by atoms with Crippen molar-refractivity contribution in [1.82, 2.24) is 15.1 Å². The number of ether oxygens (including phenoxy) is 1. The summed E-state index contributed by atoms with van der Waals surface area (Å²) >= 11 is 2.86. The smallest absolute Gasteiger partial charge is 0.429 e. The normalized spacial score (nSPS) is 14.3. The van der Waals surface area contributed by atoms with Crippen LogP contribution in [-0.4, -0.2) is 47.2 Å². The number of rotatable bonds is 6. The number of nitrogens with one attached hydrogen (secondary N) is 2. The average molecular weight is 463 g/mol. The highest BCUT2D eigenvalue weighted by Gasteiger charge is 2.76. The Morgan fingerprint density at radius 3 is 2.00 bits per heavy atom. The Kier molecular flexibility index (Phi) is 6.26. The molecule has 0 aliphatic carbocycles. The monoisotopic (exact) mass is 462 g/mol. The molecule has 26 heavy (non-hydrogen) atoms. The Morgan fingerprint density at radius 1 is 1.19 bits per heavy atom. The first-order valence-corrected chi connectivity index (χ1v) is 6.95.